The van der Waals surface area contributed by atoms with Crippen LogP contribution in [0.25, 0.3) is 0 Å². The monoisotopic (exact) mass is 355 g/mol. The summed E-state index contributed by atoms with van der Waals surface area (Å²) in [7, 11) is 0. The summed E-state index contributed by atoms with van der Waals surface area (Å²) in [5.41, 5.74) is 3.00. The molecule has 0 atom stereocenters. The normalized spacial score (nSPS) is 14.9. The number of piperazine rings is 1. The molecule has 5 heteroatoms. The second kappa shape index (κ2) is 7.98. The van der Waals surface area contributed by atoms with E-state index in [1.165, 1.54) is 11.1 Å². The van der Waals surface area contributed by atoms with Crippen LogP contribution in [-0.4, -0.2) is 41.0 Å². The number of benzene rings is 2. The van der Waals surface area contributed by atoms with Crippen LogP contribution in [0.5, 0.6) is 0 Å². The summed E-state index contributed by atoms with van der Waals surface area (Å²) < 4.78 is 0. The predicted octanol–water partition coefficient (Wildman–Crippen LogP) is 3.26. The molecule has 0 spiro atoms. The Labute approximate surface area is 159 Å². The Morgan fingerprint density at radius 1 is 0.778 bits per heavy atom. The maximum absolute atomic E-state index is 9.30. The molecule has 1 fully saturated rings. The van der Waals surface area contributed by atoms with Crippen molar-refractivity contribution in [3.63, 3.8) is 0 Å². The average Bonchev–Trinajstić information content (AvgIpc) is 2.76. The van der Waals surface area contributed by atoms with Gasteiger partial charge >= 0.3 is 0 Å². The second-order valence-corrected chi connectivity index (χ2v) is 6.59. The van der Waals surface area contributed by atoms with E-state index in [1.54, 1.807) is 12.4 Å². The van der Waals surface area contributed by atoms with Crippen molar-refractivity contribution in [1.82, 2.24) is 14.9 Å². The van der Waals surface area contributed by atoms with Crippen LogP contribution in [0.4, 0.5) is 5.82 Å². The summed E-state index contributed by atoms with van der Waals surface area (Å²) in [6, 6.07) is 23.7. The largest absolute Gasteiger partial charge is 0.352 e. The van der Waals surface area contributed by atoms with Gasteiger partial charge < -0.3 is 4.90 Å². The van der Waals surface area contributed by atoms with E-state index in [0.29, 0.717) is 11.5 Å². The van der Waals surface area contributed by atoms with Gasteiger partial charge in [-0.2, -0.15) is 5.26 Å². The van der Waals surface area contributed by atoms with Crippen LogP contribution in [0.2, 0.25) is 0 Å². The number of aromatic nitrogens is 2. The highest BCUT2D eigenvalue weighted by Gasteiger charge is 2.27. The highest BCUT2D eigenvalue weighted by Crippen LogP contribution is 2.30. The molecule has 1 saturated heterocycles. The van der Waals surface area contributed by atoms with Crippen molar-refractivity contribution in [3.8, 4) is 6.07 Å². The van der Waals surface area contributed by atoms with Gasteiger partial charge in [-0.3, -0.25) is 4.90 Å². The van der Waals surface area contributed by atoms with Crippen LogP contribution in [0.15, 0.2) is 73.1 Å². The Morgan fingerprint density at radius 2 is 1.33 bits per heavy atom. The Bertz CT molecular complexity index is 873. The summed E-state index contributed by atoms with van der Waals surface area (Å²) in [6.45, 7) is 3.44. The Hall–Kier alpha value is -3.23. The van der Waals surface area contributed by atoms with Crippen molar-refractivity contribution in [2.75, 3.05) is 31.1 Å². The molecule has 0 radical (unpaired) electrons. The first-order chi connectivity index (χ1) is 13.4. The molecule has 1 aliphatic heterocycles. The van der Waals surface area contributed by atoms with Crippen molar-refractivity contribution in [2.45, 2.75) is 6.04 Å². The predicted molar refractivity (Wildman–Crippen MR) is 105 cm³/mol. The van der Waals surface area contributed by atoms with Crippen molar-refractivity contribution in [3.05, 3.63) is 89.9 Å². The van der Waals surface area contributed by atoms with Gasteiger partial charge in [-0.15, -0.1) is 0 Å². The van der Waals surface area contributed by atoms with Crippen molar-refractivity contribution >= 4 is 5.82 Å². The molecule has 0 saturated carbocycles. The Kier molecular flexibility index (Phi) is 5.08. The molecule has 0 amide bonds. The van der Waals surface area contributed by atoms with Crippen molar-refractivity contribution < 1.29 is 0 Å². The van der Waals surface area contributed by atoms with E-state index < -0.39 is 0 Å². The molecule has 134 valence electrons. The minimum absolute atomic E-state index is 0.229. The van der Waals surface area contributed by atoms with E-state index >= 15 is 0 Å². The zero-order valence-electron chi connectivity index (χ0n) is 15.1. The van der Waals surface area contributed by atoms with Crippen LogP contribution in [-0.2, 0) is 0 Å². The van der Waals surface area contributed by atoms with Gasteiger partial charge in [0.25, 0.3) is 0 Å². The molecule has 0 bridgehead atoms. The number of nitriles is 1. The fourth-order valence-electron chi connectivity index (χ4n) is 3.72. The van der Waals surface area contributed by atoms with E-state index in [1.807, 2.05) is 0 Å². The number of hydrogen-bond acceptors (Lipinski definition) is 5. The molecule has 3 aromatic rings. The Morgan fingerprint density at radius 3 is 1.89 bits per heavy atom. The highest BCUT2D eigenvalue weighted by molar-refractivity contribution is 5.49. The molecule has 1 aliphatic rings. The van der Waals surface area contributed by atoms with Crippen LogP contribution in [0.3, 0.4) is 0 Å². The molecule has 2 aromatic carbocycles. The molecular weight excluding hydrogens is 334 g/mol. The first kappa shape index (κ1) is 17.2. The minimum Gasteiger partial charge on any atom is -0.352 e. The van der Waals surface area contributed by atoms with E-state index in [4.69, 9.17) is 0 Å². The summed E-state index contributed by atoms with van der Waals surface area (Å²) in [6.07, 6.45) is 3.22. The molecular formula is C22H21N5. The van der Waals surface area contributed by atoms with Crippen LogP contribution in [0.1, 0.15) is 22.9 Å². The smallest absolute Gasteiger partial charge is 0.183 e. The fraction of sp³-hybridized carbons (Fsp3) is 0.227. The fourth-order valence-corrected chi connectivity index (χ4v) is 3.72. The highest BCUT2D eigenvalue weighted by atomic mass is 15.3. The van der Waals surface area contributed by atoms with Crippen molar-refractivity contribution in [1.29, 1.82) is 5.26 Å². The van der Waals surface area contributed by atoms with Gasteiger partial charge in [0.2, 0.25) is 0 Å². The van der Waals surface area contributed by atoms with E-state index in [0.717, 1.165) is 26.2 Å². The van der Waals surface area contributed by atoms with Gasteiger partial charge in [0.05, 0.1) is 6.04 Å². The lowest BCUT2D eigenvalue weighted by molar-refractivity contribution is 0.212. The summed E-state index contributed by atoms with van der Waals surface area (Å²) in [5.74, 6) is 0.690. The van der Waals surface area contributed by atoms with E-state index in [2.05, 4.69) is 86.5 Å². The van der Waals surface area contributed by atoms with Crippen LogP contribution >= 0.6 is 0 Å². The lowest BCUT2D eigenvalue weighted by Crippen LogP contribution is -2.48. The van der Waals surface area contributed by atoms with Crippen LogP contribution < -0.4 is 4.90 Å². The summed E-state index contributed by atoms with van der Waals surface area (Å²) in [5, 5.41) is 9.30. The number of rotatable bonds is 4. The molecule has 1 aromatic heterocycles. The zero-order valence-corrected chi connectivity index (χ0v) is 15.1. The van der Waals surface area contributed by atoms with E-state index in [-0.39, 0.29) is 6.04 Å². The van der Waals surface area contributed by atoms with Gasteiger partial charge in [0.15, 0.2) is 11.5 Å². The topological polar surface area (TPSA) is 56.1 Å². The first-order valence-electron chi connectivity index (χ1n) is 9.17. The summed E-state index contributed by atoms with van der Waals surface area (Å²) in [4.78, 5) is 13.2. The number of anilines is 1. The number of hydrogen-bond donors (Lipinski definition) is 0. The third-order valence-corrected chi connectivity index (χ3v) is 4.99. The lowest BCUT2D eigenvalue weighted by Gasteiger charge is -2.40. The maximum atomic E-state index is 9.30. The van der Waals surface area contributed by atoms with Crippen LogP contribution in [0, 0.1) is 11.3 Å². The molecule has 4 rings (SSSR count). The third kappa shape index (κ3) is 3.67. The van der Waals surface area contributed by atoms with Gasteiger partial charge in [0, 0.05) is 38.6 Å². The second-order valence-electron chi connectivity index (χ2n) is 6.59. The summed E-state index contributed by atoms with van der Waals surface area (Å²) >= 11 is 0. The molecule has 0 N–H and O–H groups in total. The molecule has 27 heavy (non-hydrogen) atoms. The minimum atomic E-state index is 0.229. The number of nitrogens with zero attached hydrogens (tertiary/aromatic N) is 5. The zero-order chi connectivity index (χ0) is 18.5. The SMILES string of the molecule is N#Cc1nccnc1N1CCN(C(c2ccccc2)c2ccccc2)CC1. The Balaban J connectivity index is 1.57. The quantitative estimate of drug-likeness (QED) is 0.719. The van der Waals surface area contributed by atoms with Gasteiger partial charge in [-0.05, 0) is 11.1 Å². The van der Waals surface area contributed by atoms with Gasteiger partial charge in [-0.25, -0.2) is 9.97 Å². The first-order valence-corrected chi connectivity index (χ1v) is 9.17. The lowest BCUT2D eigenvalue weighted by atomic mass is 9.96. The average molecular weight is 355 g/mol. The van der Waals surface area contributed by atoms with Gasteiger partial charge in [0.1, 0.15) is 6.07 Å². The van der Waals surface area contributed by atoms with Gasteiger partial charge in [-0.1, -0.05) is 60.7 Å². The molecule has 0 unspecified atom stereocenters. The van der Waals surface area contributed by atoms with E-state index in [9.17, 15) is 5.26 Å². The molecule has 5 nitrogen and oxygen atoms in total. The standard InChI is InChI=1S/C22H21N5/c23-17-20-22(25-12-11-24-20)27-15-13-26(14-16-27)21(18-7-3-1-4-8-18)19-9-5-2-6-10-19/h1-12,21H,13-16H2. The van der Waals surface area contributed by atoms with Crippen molar-refractivity contribution in [2.24, 2.45) is 0 Å². The molecule has 0 aliphatic carbocycles. The molecule has 2 heterocycles. The maximum Gasteiger partial charge on any atom is 0.183 e. The third-order valence-electron chi connectivity index (χ3n) is 4.99.